The van der Waals surface area contributed by atoms with Gasteiger partial charge in [-0.1, -0.05) is 17.7 Å². The van der Waals surface area contributed by atoms with Gasteiger partial charge in [-0.25, -0.2) is 14.5 Å². The topological polar surface area (TPSA) is 99.2 Å². The summed E-state index contributed by atoms with van der Waals surface area (Å²) in [6.07, 6.45) is 3.10. The molecule has 0 fully saturated rings. The minimum Gasteiger partial charge on any atom is -0.463 e. The van der Waals surface area contributed by atoms with Crippen molar-refractivity contribution in [2.45, 2.75) is 33.7 Å². The molecule has 170 valence electrons. The Morgan fingerprint density at radius 2 is 2.03 bits per heavy atom. The van der Waals surface area contributed by atoms with Gasteiger partial charge in [-0.05, 0) is 63.1 Å². The van der Waals surface area contributed by atoms with E-state index < -0.39 is 18.5 Å². The number of ether oxygens (including phenoxy) is 1. The summed E-state index contributed by atoms with van der Waals surface area (Å²) in [4.78, 5) is 30.1. The summed E-state index contributed by atoms with van der Waals surface area (Å²) in [6.45, 7) is 7.22. The molecule has 0 unspecified atom stereocenters. The summed E-state index contributed by atoms with van der Waals surface area (Å²) in [5.74, 6) is -0.656. The summed E-state index contributed by atoms with van der Waals surface area (Å²) in [6, 6.07) is 8.76. The molecule has 1 amide bonds. The van der Waals surface area contributed by atoms with Gasteiger partial charge in [-0.3, -0.25) is 4.79 Å². The SMILES string of the molecule is Cc1cc(C)c(NC(=O)COC(=O)c2cc(-c3ccco3)nc3c2cnn3C(C)C)c(Cl)c1. The molecule has 3 aromatic heterocycles. The zero-order valence-corrected chi connectivity index (χ0v) is 19.4. The van der Waals surface area contributed by atoms with Crippen LogP contribution in [0.15, 0.2) is 47.2 Å². The number of rotatable bonds is 6. The maximum atomic E-state index is 13.0. The maximum Gasteiger partial charge on any atom is 0.339 e. The van der Waals surface area contributed by atoms with Crippen LogP contribution in [0, 0.1) is 13.8 Å². The summed E-state index contributed by atoms with van der Waals surface area (Å²) in [7, 11) is 0. The molecular formula is C24H23ClN4O4. The van der Waals surface area contributed by atoms with E-state index in [4.69, 9.17) is 20.8 Å². The lowest BCUT2D eigenvalue weighted by Crippen LogP contribution is -2.21. The number of aromatic nitrogens is 3. The quantitative estimate of drug-likeness (QED) is 0.385. The highest BCUT2D eigenvalue weighted by molar-refractivity contribution is 6.34. The molecule has 3 heterocycles. The number of benzene rings is 1. The number of hydrogen-bond acceptors (Lipinski definition) is 6. The van der Waals surface area contributed by atoms with E-state index >= 15 is 0 Å². The highest BCUT2D eigenvalue weighted by Gasteiger charge is 2.21. The van der Waals surface area contributed by atoms with Crippen molar-refractivity contribution in [1.29, 1.82) is 0 Å². The van der Waals surface area contributed by atoms with Crippen LogP contribution in [-0.2, 0) is 9.53 Å². The molecule has 0 atom stereocenters. The predicted molar refractivity (Wildman–Crippen MR) is 125 cm³/mol. The Balaban J connectivity index is 1.58. The van der Waals surface area contributed by atoms with E-state index in [9.17, 15) is 9.59 Å². The number of nitrogens with one attached hydrogen (secondary N) is 1. The van der Waals surface area contributed by atoms with Crippen molar-refractivity contribution in [1.82, 2.24) is 14.8 Å². The maximum absolute atomic E-state index is 13.0. The fourth-order valence-electron chi connectivity index (χ4n) is 3.57. The van der Waals surface area contributed by atoms with Crippen LogP contribution in [0.4, 0.5) is 5.69 Å². The molecule has 1 aromatic carbocycles. The van der Waals surface area contributed by atoms with Crippen LogP contribution in [0.1, 0.15) is 41.4 Å². The number of furan rings is 1. The van der Waals surface area contributed by atoms with E-state index in [1.807, 2.05) is 33.8 Å². The van der Waals surface area contributed by atoms with Crippen molar-refractivity contribution in [3.05, 3.63) is 64.5 Å². The van der Waals surface area contributed by atoms with E-state index in [2.05, 4.69) is 15.4 Å². The van der Waals surface area contributed by atoms with Crippen LogP contribution in [0.3, 0.4) is 0 Å². The molecule has 0 saturated heterocycles. The molecular weight excluding hydrogens is 444 g/mol. The first-order chi connectivity index (χ1) is 15.7. The Hall–Kier alpha value is -3.65. The Bertz CT molecular complexity index is 1320. The van der Waals surface area contributed by atoms with Crippen LogP contribution < -0.4 is 5.32 Å². The summed E-state index contributed by atoms with van der Waals surface area (Å²) in [5.41, 5.74) is 3.53. The second-order valence-electron chi connectivity index (χ2n) is 8.02. The molecule has 0 aliphatic rings. The number of halogens is 1. The third-order valence-corrected chi connectivity index (χ3v) is 5.38. The highest BCUT2D eigenvalue weighted by atomic mass is 35.5. The lowest BCUT2D eigenvalue weighted by Gasteiger charge is -2.12. The van der Waals surface area contributed by atoms with Crippen LogP contribution in [0.25, 0.3) is 22.5 Å². The first-order valence-electron chi connectivity index (χ1n) is 10.4. The molecule has 0 saturated carbocycles. The molecule has 9 heteroatoms. The first kappa shape index (κ1) is 22.5. The Labute approximate surface area is 195 Å². The lowest BCUT2D eigenvalue weighted by molar-refractivity contribution is -0.119. The largest absolute Gasteiger partial charge is 0.463 e. The average Bonchev–Trinajstić information content (AvgIpc) is 3.43. The molecule has 0 aliphatic heterocycles. The number of pyridine rings is 1. The van der Waals surface area contributed by atoms with E-state index in [1.54, 1.807) is 35.1 Å². The zero-order chi connectivity index (χ0) is 23.7. The molecule has 4 aromatic rings. The first-order valence-corrected chi connectivity index (χ1v) is 10.8. The highest BCUT2D eigenvalue weighted by Crippen LogP contribution is 2.28. The average molecular weight is 467 g/mol. The minimum atomic E-state index is -0.666. The number of esters is 1. The van der Waals surface area contributed by atoms with Gasteiger partial charge in [0.05, 0.1) is 34.1 Å². The molecule has 0 spiro atoms. The molecule has 33 heavy (non-hydrogen) atoms. The Kier molecular flexibility index (Phi) is 6.20. The normalized spacial score (nSPS) is 11.2. The number of fused-ring (bicyclic) bond motifs is 1. The Morgan fingerprint density at radius 3 is 2.70 bits per heavy atom. The number of amides is 1. The van der Waals surface area contributed by atoms with Crippen molar-refractivity contribution >= 4 is 40.2 Å². The molecule has 1 N–H and O–H groups in total. The van der Waals surface area contributed by atoms with E-state index in [0.717, 1.165) is 11.1 Å². The van der Waals surface area contributed by atoms with Gasteiger partial charge in [-0.2, -0.15) is 5.10 Å². The second-order valence-corrected chi connectivity index (χ2v) is 8.42. The van der Waals surface area contributed by atoms with Crippen LogP contribution >= 0.6 is 11.6 Å². The number of nitrogens with zero attached hydrogens (tertiary/aromatic N) is 3. The van der Waals surface area contributed by atoms with Gasteiger partial charge in [-0.15, -0.1) is 0 Å². The van der Waals surface area contributed by atoms with Gasteiger partial charge < -0.3 is 14.5 Å². The van der Waals surface area contributed by atoms with Crippen LogP contribution in [0.2, 0.25) is 5.02 Å². The van der Waals surface area contributed by atoms with Gasteiger partial charge in [0, 0.05) is 6.04 Å². The summed E-state index contributed by atoms with van der Waals surface area (Å²) >= 11 is 6.25. The Morgan fingerprint density at radius 1 is 1.24 bits per heavy atom. The van der Waals surface area contributed by atoms with Gasteiger partial charge in [0.25, 0.3) is 5.91 Å². The van der Waals surface area contributed by atoms with Crippen LogP contribution in [-0.4, -0.2) is 33.2 Å². The van der Waals surface area contributed by atoms with Crippen LogP contribution in [0.5, 0.6) is 0 Å². The molecule has 8 nitrogen and oxygen atoms in total. The molecule has 0 aliphatic carbocycles. The summed E-state index contributed by atoms with van der Waals surface area (Å²) in [5, 5.41) is 8.02. The van der Waals surface area contributed by atoms with Crippen molar-refractivity contribution in [3.8, 4) is 11.5 Å². The summed E-state index contributed by atoms with van der Waals surface area (Å²) < 4.78 is 12.5. The smallest absolute Gasteiger partial charge is 0.339 e. The van der Waals surface area contributed by atoms with E-state index in [-0.39, 0.29) is 11.6 Å². The van der Waals surface area contributed by atoms with Crippen molar-refractivity contribution in [2.24, 2.45) is 0 Å². The molecule has 4 rings (SSSR count). The monoisotopic (exact) mass is 466 g/mol. The molecule has 0 radical (unpaired) electrons. The number of carbonyl (C=O) groups is 2. The van der Waals surface area contributed by atoms with Gasteiger partial charge >= 0.3 is 5.97 Å². The zero-order valence-electron chi connectivity index (χ0n) is 18.7. The van der Waals surface area contributed by atoms with Gasteiger partial charge in [0.15, 0.2) is 18.0 Å². The third-order valence-electron chi connectivity index (χ3n) is 5.08. The van der Waals surface area contributed by atoms with Crippen molar-refractivity contribution in [3.63, 3.8) is 0 Å². The number of aryl methyl sites for hydroxylation is 2. The number of hydrogen-bond donors (Lipinski definition) is 1. The standard InChI is InChI=1S/C24H23ClN4O4/c1-13(2)29-23-17(11-26-29)16(10-19(27-23)20-6-5-7-32-20)24(31)33-12-21(30)28-22-15(4)8-14(3)9-18(22)25/h5-11,13H,12H2,1-4H3,(H,28,30). The fraction of sp³-hybridized carbons (Fsp3) is 0.250. The van der Waals surface area contributed by atoms with Crippen molar-refractivity contribution < 1.29 is 18.7 Å². The van der Waals surface area contributed by atoms with Crippen molar-refractivity contribution in [2.75, 3.05) is 11.9 Å². The van der Waals surface area contributed by atoms with Gasteiger partial charge in [0.2, 0.25) is 0 Å². The van der Waals surface area contributed by atoms with E-state index in [1.165, 1.54) is 6.26 Å². The molecule has 0 bridgehead atoms. The lowest BCUT2D eigenvalue weighted by atomic mass is 10.1. The minimum absolute atomic E-state index is 0.0268. The van der Waals surface area contributed by atoms with Gasteiger partial charge in [0.1, 0.15) is 5.69 Å². The predicted octanol–water partition coefficient (Wildman–Crippen LogP) is 5.34. The second kappa shape index (κ2) is 9.07. The third kappa shape index (κ3) is 4.61. The number of carbonyl (C=O) groups excluding carboxylic acids is 2. The number of anilines is 1. The van der Waals surface area contributed by atoms with E-state index in [0.29, 0.717) is 33.2 Å². The fourth-order valence-corrected chi connectivity index (χ4v) is 3.94.